The Labute approximate surface area is 132 Å². The number of hydrogen-bond acceptors (Lipinski definition) is 3. The summed E-state index contributed by atoms with van der Waals surface area (Å²) in [6.45, 7) is 7.88. The monoisotopic (exact) mass is 359 g/mol. The molecule has 1 atom stereocenters. The molecule has 20 heavy (non-hydrogen) atoms. The molecule has 0 amide bonds. The number of likely N-dealkylation sites (N-methyl/N-ethyl adjacent to an activating group) is 1. The molecule has 6 heteroatoms. The number of halogens is 2. The van der Waals surface area contributed by atoms with Gasteiger partial charge in [-0.2, -0.15) is 5.10 Å². The van der Waals surface area contributed by atoms with Gasteiger partial charge >= 0.3 is 0 Å². The lowest BCUT2D eigenvalue weighted by molar-refractivity contribution is 0.409. The Balaban J connectivity index is 2.28. The molecule has 2 aromatic heterocycles. The molecule has 0 aliphatic heterocycles. The van der Waals surface area contributed by atoms with Crippen molar-refractivity contribution < 1.29 is 4.42 Å². The molecule has 110 valence electrons. The maximum Gasteiger partial charge on any atom is 0.193 e. The maximum atomic E-state index is 5.88. The van der Waals surface area contributed by atoms with Crippen molar-refractivity contribution in [2.24, 2.45) is 0 Å². The zero-order valence-electron chi connectivity index (χ0n) is 11.9. The van der Waals surface area contributed by atoms with E-state index < -0.39 is 0 Å². The van der Waals surface area contributed by atoms with E-state index in [0.29, 0.717) is 5.22 Å². The fourth-order valence-corrected chi connectivity index (χ4v) is 2.89. The van der Waals surface area contributed by atoms with Crippen molar-refractivity contribution in [3.05, 3.63) is 39.0 Å². The molecule has 0 aromatic carbocycles. The topological polar surface area (TPSA) is 43.0 Å². The summed E-state index contributed by atoms with van der Waals surface area (Å²) >= 11 is 9.51. The van der Waals surface area contributed by atoms with Crippen LogP contribution in [0.5, 0.6) is 0 Å². The Kier molecular flexibility index (Phi) is 5.29. The van der Waals surface area contributed by atoms with E-state index in [1.54, 1.807) is 6.07 Å². The Morgan fingerprint density at radius 1 is 1.45 bits per heavy atom. The van der Waals surface area contributed by atoms with Gasteiger partial charge in [-0.1, -0.05) is 6.92 Å². The van der Waals surface area contributed by atoms with Crippen LogP contribution in [0.3, 0.4) is 0 Å². The number of aromatic nitrogens is 2. The van der Waals surface area contributed by atoms with Crippen LogP contribution in [0.25, 0.3) is 0 Å². The third-order valence-corrected chi connectivity index (χ3v) is 4.47. The molecule has 0 aliphatic rings. The molecule has 2 rings (SSSR count). The standard InChI is InChI=1S/C14H19BrClN3O/c1-4-17-10(12-6-7-13(16)20-12)8-11-14(15)9(3)18-19(11)5-2/h6-7,10,17H,4-5,8H2,1-3H3. The summed E-state index contributed by atoms with van der Waals surface area (Å²) in [5.74, 6) is 0.852. The smallest absolute Gasteiger partial charge is 0.193 e. The van der Waals surface area contributed by atoms with Gasteiger partial charge in [0.1, 0.15) is 5.76 Å². The number of hydrogen-bond donors (Lipinski definition) is 1. The second-order valence-electron chi connectivity index (χ2n) is 4.62. The Morgan fingerprint density at radius 3 is 2.75 bits per heavy atom. The van der Waals surface area contributed by atoms with E-state index in [0.717, 1.165) is 35.4 Å². The van der Waals surface area contributed by atoms with Crippen LogP contribution < -0.4 is 5.32 Å². The highest BCUT2D eigenvalue weighted by Crippen LogP contribution is 2.28. The van der Waals surface area contributed by atoms with E-state index in [1.165, 1.54) is 5.69 Å². The van der Waals surface area contributed by atoms with E-state index in [4.69, 9.17) is 16.0 Å². The highest BCUT2D eigenvalue weighted by molar-refractivity contribution is 9.10. The van der Waals surface area contributed by atoms with Gasteiger partial charge < -0.3 is 9.73 Å². The van der Waals surface area contributed by atoms with Crippen molar-refractivity contribution in [3.63, 3.8) is 0 Å². The quantitative estimate of drug-likeness (QED) is 0.843. The average Bonchev–Trinajstić information content (AvgIpc) is 2.96. The Bertz CT molecular complexity index is 579. The van der Waals surface area contributed by atoms with Gasteiger partial charge in [-0.15, -0.1) is 0 Å². The lowest BCUT2D eigenvalue weighted by Gasteiger charge is -2.16. The Hall–Kier alpha value is -0.780. The normalized spacial score (nSPS) is 12.8. The summed E-state index contributed by atoms with van der Waals surface area (Å²) in [6, 6.07) is 3.78. The first-order chi connectivity index (χ1) is 9.56. The van der Waals surface area contributed by atoms with E-state index in [-0.39, 0.29) is 6.04 Å². The lowest BCUT2D eigenvalue weighted by Crippen LogP contribution is -2.23. The largest absolute Gasteiger partial charge is 0.448 e. The van der Waals surface area contributed by atoms with Crippen LogP contribution in [-0.2, 0) is 13.0 Å². The van der Waals surface area contributed by atoms with E-state index in [9.17, 15) is 0 Å². The van der Waals surface area contributed by atoms with E-state index in [1.807, 2.05) is 17.7 Å². The SMILES string of the molecule is CCNC(Cc1c(Br)c(C)nn1CC)c1ccc(Cl)o1. The number of rotatable bonds is 6. The highest BCUT2D eigenvalue weighted by atomic mass is 79.9. The Morgan fingerprint density at radius 2 is 2.20 bits per heavy atom. The maximum absolute atomic E-state index is 5.88. The third-order valence-electron chi connectivity index (χ3n) is 3.24. The average molecular weight is 361 g/mol. The molecule has 0 spiro atoms. The summed E-state index contributed by atoms with van der Waals surface area (Å²) in [4.78, 5) is 0. The lowest BCUT2D eigenvalue weighted by atomic mass is 10.1. The molecule has 2 heterocycles. The highest BCUT2D eigenvalue weighted by Gasteiger charge is 2.20. The van der Waals surface area contributed by atoms with Crippen LogP contribution in [0, 0.1) is 6.92 Å². The number of nitrogens with zero attached hydrogens (tertiary/aromatic N) is 2. The molecule has 2 aromatic rings. The van der Waals surface area contributed by atoms with Crippen LogP contribution in [0.1, 0.15) is 37.0 Å². The summed E-state index contributed by atoms with van der Waals surface area (Å²) in [6.07, 6.45) is 0.799. The van der Waals surface area contributed by atoms with Crippen molar-refractivity contribution in [1.29, 1.82) is 0 Å². The van der Waals surface area contributed by atoms with Gasteiger partial charge in [0, 0.05) is 13.0 Å². The molecule has 4 nitrogen and oxygen atoms in total. The van der Waals surface area contributed by atoms with Gasteiger partial charge in [-0.05, 0) is 60.1 Å². The molecule has 0 saturated carbocycles. The van der Waals surface area contributed by atoms with Crippen molar-refractivity contribution >= 4 is 27.5 Å². The second kappa shape index (κ2) is 6.78. The van der Waals surface area contributed by atoms with Crippen molar-refractivity contribution in [3.8, 4) is 0 Å². The van der Waals surface area contributed by atoms with Crippen LogP contribution in [0.2, 0.25) is 5.22 Å². The van der Waals surface area contributed by atoms with Crippen LogP contribution in [0.4, 0.5) is 0 Å². The molecule has 0 radical (unpaired) electrons. The first-order valence-corrected chi connectivity index (χ1v) is 7.94. The van der Waals surface area contributed by atoms with Gasteiger partial charge in [0.15, 0.2) is 5.22 Å². The minimum atomic E-state index is 0.0881. The molecule has 0 saturated heterocycles. The zero-order chi connectivity index (χ0) is 14.7. The van der Waals surface area contributed by atoms with Crippen LogP contribution >= 0.6 is 27.5 Å². The van der Waals surface area contributed by atoms with Gasteiger partial charge in [0.2, 0.25) is 0 Å². The first kappa shape index (κ1) is 15.6. The van der Waals surface area contributed by atoms with Crippen molar-refractivity contribution in [2.45, 2.75) is 39.8 Å². The zero-order valence-corrected chi connectivity index (χ0v) is 14.3. The van der Waals surface area contributed by atoms with E-state index in [2.05, 4.69) is 40.2 Å². The number of nitrogens with one attached hydrogen (secondary N) is 1. The van der Waals surface area contributed by atoms with Crippen LogP contribution in [0.15, 0.2) is 21.0 Å². The summed E-state index contributed by atoms with van der Waals surface area (Å²) in [7, 11) is 0. The van der Waals surface area contributed by atoms with Crippen molar-refractivity contribution in [1.82, 2.24) is 15.1 Å². The summed E-state index contributed by atoms with van der Waals surface area (Å²) < 4.78 is 8.64. The minimum Gasteiger partial charge on any atom is -0.448 e. The molecule has 0 aliphatic carbocycles. The van der Waals surface area contributed by atoms with Gasteiger partial charge in [-0.3, -0.25) is 4.68 Å². The van der Waals surface area contributed by atoms with Crippen molar-refractivity contribution in [2.75, 3.05) is 6.54 Å². The number of aryl methyl sites for hydroxylation is 2. The molecule has 1 N–H and O–H groups in total. The third kappa shape index (κ3) is 3.27. The fraction of sp³-hybridized carbons (Fsp3) is 0.500. The molecular weight excluding hydrogens is 342 g/mol. The van der Waals surface area contributed by atoms with Gasteiger partial charge in [-0.25, -0.2) is 0 Å². The molecule has 1 unspecified atom stereocenters. The van der Waals surface area contributed by atoms with Gasteiger partial charge in [0.05, 0.1) is 21.9 Å². The minimum absolute atomic E-state index is 0.0881. The summed E-state index contributed by atoms with van der Waals surface area (Å²) in [5, 5.41) is 8.38. The fourth-order valence-electron chi connectivity index (χ4n) is 2.29. The predicted molar refractivity (Wildman–Crippen MR) is 84.2 cm³/mol. The van der Waals surface area contributed by atoms with Gasteiger partial charge in [0.25, 0.3) is 0 Å². The predicted octanol–water partition coefficient (Wildman–Crippen LogP) is 4.11. The second-order valence-corrected chi connectivity index (χ2v) is 5.78. The molecule has 0 fully saturated rings. The first-order valence-electron chi connectivity index (χ1n) is 6.77. The number of furan rings is 1. The molecular formula is C14H19BrClN3O. The molecule has 0 bridgehead atoms. The summed E-state index contributed by atoms with van der Waals surface area (Å²) in [5.41, 5.74) is 2.18. The van der Waals surface area contributed by atoms with Crippen LogP contribution in [-0.4, -0.2) is 16.3 Å². The van der Waals surface area contributed by atoms with E-state index >= 15 is 0 Å².